The van der Waals surface area contributed by atoms with Crippen molar-refractivity contribution in [3.05, 3.63) is 82.6 Å². The number of fused-ring (bicyclic) bond motifs is 3. The molecule has 2 aromatic heterocycles. The smallest absolute Gasteiger partial charge is 0.273 e. The molecule has 2 aromatic carbocycles. The number of benzene rings is 2. The number of hydrogen-bond donors (Lipinski definition) is 2. The van der Waals surface area contributed by atoms with Crippen molar-refractivity contribution in [2.24, 2.45) is 5.92 Å². The summed E-state index contributed by atoms with van der Waals surface area (Å²) in [5.41, 5.74) is 3.09. The summed E-state index contributed by atoms with van der Waals surface area (Å²) in [6.45, 7) is 4.66. The van der Waals surface area contributed by atoms with Gasteiger partial charge in [-0.25, -0.2) is 14.6 Å². The summed E-state index contributed by atoms with van der Waals surface area (Å²) in [4.78, 5) is 49.8. The first-order valence-electron chi connectivity index (χ1n) is 13.4. The van der Waals surface area contributed by atoms with Crippen molar-refractivity contribution in [2.75, 3.05) is 26.2 Å². The van der Waals surface area contributed by atoms with E-state index in [2.05, 4.69) is 15.6 Å². The Labute approximate surface area is 241 Å². The second kappa shape index (κ2) is 12.7. The summed E-state index contributed by atoms with van der Waals surface area (Å²) in [6.07, 6.45) is 0. The van der Waals surface area contributed by atoms with E-state index in [9.17, 15) is 14.4 Å². The first-order chi connectivity index (χ1) is 19.9. The molecule has 0 radical (unpaired) electrons. The summed E-state index contributed by atoms with van der Waals surface area (Å²) in [5, 5.41) is 12.3. The Kier molecular flexibility index (Phi) is 8.68. The Bertz CT molecular complexity index is 1500. The largest absolute Gasteiger partial charge is 0.492 e. The molecule has 3 amide bonds. The number of amides is 3. The van der Waals surface area contributed by atoms with E-state index >= 15 is 0 Å². The monoisotopic (exact) mass is 573 g/mol. The van der Waals surface area contributed by atoms with Crippen LogP contribution in [0, 0.1) is 5.92 Å². The second-order valence-corrected chi connectivity index (χ2v) is 10.6. The van der Waals surface area contributed by atoms with Crippen LogP contribution < -0.4 is 15.4 Å². The average Bonchev–Trinajstić information content (AvgIpc) is 3.66. The molecular formula is C29H31N7O4S. The van der Waals surface area contributed by atoms with E-state index in [4.69, 9.17) is 14.8 Å². The molecule has 1 atom stereocenters. The van der Waals surface area contributed by atoms with E-state index in [-0.39, 0.29) is 55.6 Å². The minimum Gasteiger partial charge on any atom is -0.492 e. The summed E-state index contributed by atoms with van der Waals surface area (Å²) >= 11 is 1.30. The number of carbonyl (C=O) groups is 3. The molecule has 1 aliphatic rings. The molecule has 41 heavy (non-hydrogen) atoms. The number of aromatic nitrogens is 4. The van der Waals surface area contributed by atoms with Crippen LogP contribution in [0.3, 0.4) is 0 Å². The lowest BCUT2D eigenvalue weighted by atomic mass is 10.0. The third-order valence-corrected chi connectivity index (χ3v) is 7.19. The standard InChI is InChI=1S/C29H31N7O4S/c1-19(2)25-27-33-26(20-7-4-3-5-8-20)34-36(27)13-14-40-22-10-6-9-21(15-22)28(38)30-11-12-35(16-24(37)32-25)29(39)23-17-41-18-31-23/h3-10,15,17-19,25H,11-14,16H2,1-2H3,(H,30,38)(H,32,37)/t25-/m0/s1. The minimum atomic E-state index is -0.484. The van der Waals surface area contributed by atoms with E-state index in [0.29, 0.717) is 29.5 Å². The third kappa shape index (κ3) is 6.77. The first-order valence-corrected chi connectivity index (χ1v) is 14.3. The summed E-state index contributed by atoms with van der Waals surface area (Å²) in [5.74, 6) is 0.572. The van der Waals surface area contributed by atoms with Crippen molar-refractivity contribution in [3.8, 4) is 17.1 Å². The predicted molar refractivity (Wildman–Crippen MR) is 153 cm³/mol. The summed E-state index contributed by atoms with van der Waals surface area (Å²) in [6, 6.07) is 16.0. The van der Waals surface area contributed by atoms with Gasteiger partial charge in [0.2, 0.25) is 5.91 Å². The van der Waals surface area contributed by atoms with E-state index in [1.807, 2.05) is 44.2 Å². The summed E-state index contributed by atoms with van der Waals surface area (Å²) < 4.78 is 7.73. The third-order valence-electron chi connectivity index (χ3n) is 6.60. The molecular weight excluding hydrogens is 542 g/mol. The number of nitrogens with one attached hydrogen (secondary N) is 2. The Morgan fingerprint density at radius 3 is 2.63 bits per heavy atom. The Morgan fingerprint density at radius 1 is 1.07 bits per heavy atom. The fourth-order valence-corrected chi connectivity index (χ4v) is 5.02. The van der Waals surface area contributed by atoms with Crippen LogP contribution in [0.4, 0.5) is 0 Å². The molecule has 0 aliphatic carbocycles. The predicted octanol–water partition coefficient (Wildman–Crippen LogP) is 3.18. The molecule has 2 N–H and O–H groups in total. The van der Waals surface area contributed by atoms with Crippen molar-refractivity contribution >= 4 is 29.1 Å². The van der Waals surface area contributed by atoms with E-state index in [0.717, 1.165) is 5.56 Å². The Hall–Kier alpha value is -4.58. The zero-order valence-electron chi connectivity index (χ0n) is 22.8. The molecule has 1 aliphatic heterocycles. The van der Waals surface area contributed by atoms with Crippen molar-refractivity contribution < 1.29 is 19.1 Å². The first kappa shape index (κ1) is 28.0. The van der Waals surface area contributed by atoms with E-state index in [1.165, 1.54) is 16.2 Å². The highest BCUT2D eigenvalue weighted by molar-refractivity contribution is 7.07. The number of ether oxygens (including phenoxy) is 1. The molecule has 0 saturated carbocycles. The molecule has 4 aromatic rings. The fourth-order valence-electron chi connectivity index (χ4n) is 4.50. The van der Waals surface area contributed by atoms with Crippen molar-refractivity contribution in [1.29, 1.82) is 0 Å². The van der Waals surface area contributed by atoms with Gasteiger partial charge in [0.05, 0.1) is 24.6 Å². The second-order valence-electron chi connectivity index (χ2n) is 9.90. The van der Waals surface area contributed by atoms with Gasteiger partial charge in [0.15, 0.2) is 11.6 Å². The van der Waals surface area contributed by atoms with Crippen LogP contribution in [0.25, 0.3) is 11.4 Å². The molecule has 0 fully saturated rings. The molecule has 212 valence electrons. The topological polar surface area (TPSA) is 131 Å². The Balaban J connectivity index is 1.50. The molecule has 12 heteroatoms. The molecule has 5 rings (SSSR count). The van der Waals surface area contributed by atoms with Gasteiger partial charge in [-0.3, -0.25) is 14.4 Å². The lowest BCUT2D eigenvalue weighted by molar-refractivity contribution is -0.123. The minimum absolute atomic E-state index is 0.0350. The number of rotatable bonds is 3. The van der Waals surface area contributed by atoms with Crippen molar-refractivity contribution in [3.63, 3.8) is 0 Å². The van der Waals surface area contributed by atoms with Crippen LogP contribution in [-0.4, -0.2) is 68.6 Å². The summed E-state index contributed by atoms with van der Waals surface area (Å²) in [7, 11) is 0. The highest BCUT2D eigenvalue weighted by Crippen LogP contribution is 2.24. The van der Waals surface area contributed by atoms with Crippen LogP contribution >= 0.6 is 11.3 Å². The maximum absolute atomic E-state index is 13.4. The van der Waals surface area contributed by atoms with Gasteiger partial charge in [0.25, 0.3) is 11.8 Å². The van der Waals surface area contributed by atoms with Crippen LogP contribution in [0.1, 0.15) is 46.6 Å². The lowest BCUT2D eigenvalue weighted by Gasteiger charge is -2.25. The zero-order chi connectivity index (χ0) is 28.8. The average molecular weight is 574 g/mol. The van der Waals surface area contributed by atoms with Gasteiger partial charge in [0.1, 0.15) is 18.1 Å². The van der Waals surface area contributed by atoms with Crippen LogP contribution in [0.2, 0.25) is 0 Å². The van der Waals surface area contributed by atoms with Gasteiger partial charge in [-0.1, -0.05) is 50.2 Å². The highest BCUT2D eigenvalue weighted by Gasteiger charge is 2.28. The molecule has 0 spiro atoms. The quantitative estimate of drug-likeness (QED) is 0.385. The molecule has 11 nitrogen and oxygen atoms in total. The molecule has 2 bridgehead atoms. The van der Waals surface area contributed by atoms with Gasteiger partial charge in [-0.15, -0.1) is 11.3 Å². The normalized spacial score (nSPS) is 16.8. The maximum Gasteiger partial charge on any atom is 0.273 e. The number of hydrogen-bond acceptors (Lipinski definition) is 8. The lowest BCUT2D eigenvalue weighted by Crippen LogP contribution is -2.46. The maximum atomic E-state index is 13.4. The van der Waals surface area contributed by atoms with Crippen LogP contribution in [0.15, 0.2) is 65.5 Å². The van der Waals surface area contributed by atoms with Crippen molar-refractivity contribution in [2.45, 2.75) is 26.4 Å². The van der Waals surface area contributed by atoms with Gasteiger partial charge >= 0.3 is 0 Å². The molecule has 0 unspecified atom stereocenters. The zero-order valence-corrected chi connectivity index (χ0v) is 23.6. The van der Waals surface area contributed by atoms with E-state index in [1.54, 1.807) is 39.8 Å². The van der Waals surface area contributed by atoms with Crippen LogP contribution in [0.5, 0.6) is 5.75 Å². The van der Waals surface area contributed by atoms with Crippen molar-refractivity contribution in [1.82, 2.24) is 35.3 Å². The Morgan fingerprint density at radius 2 is 1.88 bits per heavy atom. The van der Waals surface area contributed by atoms with Gasteiger partial charge in [-0.05, 0) is 24.1 Å². The van der Waals surface area contributed by atoms with Crippen LogP contribution in [-0.2, 0) is 11.3 Å². The molecule has 0 saturated heterocycles. The SMILES string of the molecule is CC(C)[C@@H]1NC(=O)CN(C(=O)c2cscn2)CCNC(=O)c2cccc(c2)OCCn2nc(-c3ccccc3)nc21. The highest BCUT2D eigenvalue weighted by atomic mass is 32.1. The number of carbonyl (C=O) groups excluding carboxylic acids is 3. The fraction of sp³-hybridized carbons (Fsp3) is 0.310. The van der Waals surface area contributed by atoms with E-state index < -0.39 is 6.04 Å². The van der Waals surface area contributed by atoms with Gasteiger partial charge in [-0.2, -0.15) is 5.10 Å². The number of nitrogens with zero attached hydrogens (tertiary/aromatic N) is 5. The molecule has 3 heterocycles. The van der Waals surface area contributed by atoms with Gasteiger partial charge < -0.3 is 20.3 Å². The number of thiazole rings is 1. The van der Waals surface area contributed by atoms with Gasteiger partial charge in [0, 0.05) is 29.6 Å².